The quantitative estimate of drug-likeness (QED) is 0.873. The Morgan fingerprint density at radius 1 is 1.54 bits per heavy atom. The molecule has 2 aromatic rings. The molecule has 2 aromatic heterocycles. The van der Waals surface area contributed by atoms with Gasteiger partial charge in [-0.05, 0) is 25.3 Å². The number of imidazole rings is 1. The lowest BCUT2D eigenvalue weighted by molar-refractivity contribution is 0.0355. The molecule has 2 unspecified atom stereocenters. The number of carbonyl (C=O) groups excluding carboxylic acids is 1. The van der Waals surface area contributed by atoms with E-state index in [1.165, 1.54) is 0 Å². The number of piperidine rings is 1. The first-order valence-corrected chi connectivity index (χ1v) is 8.59. The van der Waals surface area contributed by atoms with Gasteiger partial charge in [-0.15, -0.1) is 0 Å². The zero-order chi connectivity index (χ0) is 17.1. The number of nitrogens with one attached hydrogen (secondary N) is 1. The van der Waals surface area contributed by atoms with Gasteiger partial charge < -0.3 is 14.6 Å². The molecular formula is C17H25N5O2. The average Bonchev–Trinajstić information content (AvgIpc) is 3.23. The molecule has 1 aliphatic rings. The maximum absolute atomic E-state index is 12.7. The van der Waals surface area contributed by atoms with Gasteiger partial charge in [-0.3, -0.25) is 9.89 Å². The number of aryl methyl sites for hydroxylation is 2. The maximum atomic E-state index is 12.7. The molecule has 0 spiro atoms. The summed E-state index contributed by atoms with van der Waals surface area (Å²) in [7, 11) is 1.87. The molecule has 0 aliphatic carbocycles. The van der Waals surface area contributed by atoms with Crippen molar-refractivity contribution in [2.75, 3.05) is 13.1 Å². The number of aromatic nitrogens is 4. The van der Waals surface area contributed by atoms with Gasteiger partial charge >= 0.3 is 0 Å². The summed E-state index contributed by atoms with van der Waals surface area (Å²) in [5.74, 6) is 0.586. The Balaban J connectivity index is 1.68. The van der Waals surface area contributed by atoms with Gasteiger partial charge in [-0.1, -0.05) is 13.3 Å². The molecule has 0 radical (unpaired) electrons. The monoisotopic (exact) mass is 331 g/mol. The number of nitrogens with zero attached hydrogens (tertiary/aromatic N) is 4. The van der Waals surface area contributed by atoms with Crippen molar-refractivity contribution in [1.82, 2.24) is 24.6 Å². The van der Waals surface area contributed by atoms with E-state index in [9.17, 15) is 9.90 Å². The second kappa shape index (κ2) is 7.17. The number of carbonyl (C=O) groups is 1. The summed E-state index contributed by atoms with van der Waals surface area (Å²) in [6.45, 7) is 3.33. The molecule has 1 aliphatic heterocycles. The Kier molecular flexibility index (Phi) is 4.99. The van der Waals surface area contributed by atoms with E-state index >= 15 is 0 Å². The van der Waals surface area contributed by atoms with Crippen LogP contribution in [0.1, 0.15) is 54.3 Å². The molecule has 0 bridgehead atoms. The summed E-state index contributed by atoms with van der Waals surface area (Å²) in [6.07, 6.45) is 6.52. The Hall–Kier alpha value is -2.15. The van der Waals surface area contributed by atoms with E-state index < -0.39 is 6.10 Å². The Bertz CT molecular complexity index is 693. The van der Waals surface area contributed by atoms with Crippen LogP contribution in [0.4, 0.5) is 0 Å². The number of H-pyrrole nitrogens is 1. The molecule has 7 nitrogen and oxygen atoms in total. The van der Waals surface area contributed by atoms with Crippen LogP contribution in [0.3, 0.4) is 0 Å². The van der Waals surface area contributed by atoms with E-state index in [0.29, 0.717) is 24.6 Å². The third-order valence-electron chi connectivity index (χ3n) is 4.68. The number of likely N-dealkylation sites (tertiary alicyclic amines) is 1. The minimum Gasteiger partial charge on any atom is -0.385 e. The minimum atomic E-state index is -0.657. The van der Waals surface area contributed by atoms with Crippen LogP contribution < -0.4 is 0 Å². The van der Waals surface area contributed by atoms with Gasteiger partial charge in [0.05, 0.1) is 0 Å². The lowest BCUT2D eigenvalue weighted by Gasteiger charge is -2.34. The molecule has 0 saturated carbocycles. The smallest absolute Gasteiger partial charge is 0.274 e. The summed E-state index contributed by atoms with van der Waals surface area (Å²) < 4.78 is 1.83. The third-order valence-corrected chi connectivity index (χ3v) is 4.68. The van der Waals surface area contributed by atoms with E-state index in [1.54, 1.807) is 11.1 Å². The predicted molar refractivity (Wildman–Crippen MR) is 89.4 cm³/mol. The van der Waals surface area contributed by atoms with Crippen molar-refractivity contribution in [3.05, 3.63) is 35.7 Å². The van der Waals surface area contributed by atoms with Gasteiger partial charge in [0.25, 0.3) is 5.91 Å². The Morgan fingerprint density at radius 2 is 2.38 bits per heavy atom. The predicted octanol–water partition coefficient (Wildman–Crippen LogP) is 1.68. The largest absolute Gasteiger partial charge is 0.385 e. The first kappa shape index (κ1) is 16.7. The number of hydrogen-bond acceptors (Lipinski definition) is 4. The molecule has 2 N–H and O–H groups in total. The highest BCUT2D eigenvalue weighted by Gasteiger charge is 2.32. The second-order valence-electron chi connectivity index (χ2n) is 6.52. The van der Waals surface area contributed by atoms with Gasteiger partial charge in [-0.25, -0.2) is 4.98 Å². The van der Waals surface area contributed by atoms with Crippen molar-refractivity contribution in [2.24, 2.45) is 13.0 Å². The van der Waals surface area contributed by atoms with Crippen LogP contribution in [0.25, 0.3) is 0 Å². The van der Waals surface area contributed by atoms with Crippen molar-refractivity contribution in [2.45, 2.75) is 38.7 Å². The van der Waals surface area contributed by atoms with Crippen LogP contribution in [-0.4, -0.2) is 48.8 Å². The van der Waals surface area contributed by atoms with Crippen LogP contribution in [-0.2, 0) is 13.5 Å². The molecule has 0 aromatic carbocycles. The van der Waals surface area contributed by atoms with Crippen molar-refractivity contribution in [3.63, 3.8) is 0 Å². The van der Waals surface area contributed by atoms with Crippen LogP contribution in [0.5, 0.6) is 0 Å². The molecule has 130 valence electrons. The number of aliphatic hydroxyl groups excluding tert-OH is 1. The van der Waals surface area contributed by atoms with E-state index in [-0.39, 0.29) is 11.8 Å². The first-order chi connectivity index (χ1) is 11.6. The van der Waals surface area contributed by atoms with Crippen LogP contribution in [0.15, 0.2) is 18.5 Å². The molecule has 3 rings (SSSR count). The van der Waals surface area contributed by atoms with Crippen LogP contribution in [0.2, 0.25) is 0 Å². The fourth-order valence-electron chi connectivity index (χ4n) is 3.36. The standard InChI is InChI=1S/C17H25N5O2/c1-3-5-13-10-14(20-19-13)17(24)22-8-4-6-12(11-22)15(23)16-18-7-9-21(16)2/h7,9-10,12,15,23H,3-6,8,11H2,1-2H3,(H,19,20). The van der Waals surface area contributed by atoms with Crippen LogP contribution >= 0.6 is 0 Å². The van der Waals surface area contributed by atoms with E-state index in [1.807, 2.05) is 23.9 Å². The van der Waals surface area contributed by atoms with E-state index in [2.05, 4.69) is 22.1 Å². The van der Waals surface area contributed by atoms with Crippen molar-refractivity contribution in [1.29, 1.82) is 0 Å². The molecule has 7 heteroatoms. The lowest BCUT2D eigenvalue weighted by Crippen LogP contribution is -2.42. The van der Waals surface area contributed by atoms with Gasteiger partial charge in [0.15, 0.2) is 0 Å². The normalized spacial score (nSPS) is 19.5. The summed E-state index contributed by atoms with van der Waals surface area (Å²) in [6, 6.07) is 1.84. The molecule has 1 fully saturated rings. The summed E-state index contributed by atoms with van der Waals surface area (Å²) >= 11 is 0. The third kappa shape index (κ3) is 3.36. The molecule has 24 heavy (non-hydrogen) atoms. The van der Waals surface area contributed by atoms with Crippen LogP contribution in [0, 0.1) is 5.92 Å². The van der Waals surface area contributed by atoms with Crippen molar-refractivity contribution >= 4 is 5.91 Å². The van der Waals surface area contributed by atoms with E-state index in [0.717, 1.165) is 31.4 Å². The topological polar surface area (TPSA) is 87.0 Å². The summed E-state index contributed by atoms with van der Waals surface area (Å²) in [4.78, 5) is 18.7. The zero-order valence-corrected chi connectivity index (χ0v) is 14.3. The Labute approximate surface area is 141 Å². The molecule has 1 saturated heterocycles. The Morgan fingerprint density at radius 3 is 3.08 bits per heavy atom. The number of rotatable bonds is 5. The number of hydrogen-bond donors (Lipinski definition) is 2. The van der Waals surface area contributed by atoms with Gasteiger partial charge in [0, 0.05) is 44.1 Å². The highest BCUT2D eigenvalue weighted by molar-refractivity contribution is 5.92. The first-order valence-electron chi connectivity index (χ1n) is 8.59. The van der Waals surface area contributed by atoms with Gasteiger partial charge in [0.1, 0.15) is 17.6 Å². The molecule has 1 amide bonds. The fraction of sp³-hybridized carbons (Fsp3) is 0.588. The zero-order valence-electron chi connectivity index (χ0n) is 14.3. The van der Waals surface area contributed by atoms with E-state index in [4.69, 9.17) is 0 Å². The molecule has 2 atom stereocenters. The average molecular weight is 331 g/mol. The van der Waals surface area contributed by atoms with Crippen molar-refractivity contribution < 1.29 is 9.90 Å². The minimum absolute atomic E-state index is 0.00199. The molecular weight excluding hydrogens is 306 g/mol. The highest BCUT2D eigenvalue weighted by Crippen LogP contribution is 2.29. The highest BCUT2D eigenvalue weighted by atomic mass is 16.3. The van der Waals surface area contributed by atoms with Gasteiger partial charge in [0.2, 0.25) is 0 Å². The molecule has 3 heterocycles. The lowest BCUT2D eigenvalue weighted by atomic mass is 9.91. The summed E-state index contributed by atoms with van der Waals surface area (Å²) in [5, 5.41) is 17.7. The second-order valence-corrected chi connectivity index (χ2v) is 6.52. The number of aliphatic hydroxyl groups is 1. The fourth-order valence-corrected chi connectivity index (χ4v) is 3.36. The van der Waals surface area contributed by atoms with Crippen molar-refractivity contribution in [3.8, 4) is 0 Å². The maximum Gasteiger partial charge on any atom is 0.274 e. The number of amides is 1. The SMILES string of the molecule is CCCc1cc(C(=O)N2CCCC(C(O)c3nccn3C)C2)n[nH]1. The van der Waals surface area contributed by atoms with Gasteiger partial charge in [-0.2, -0.15) is 5.10 Å². The number of aromatic amines is 1. The summed E-state index contributed by atoms with van der Waals surface area (Å²) in [5.41, 5.74) is 1.45.